The molecule has 0 fully saturated rings. The van der Waals surface area contributed by atoms with Crippen molar-refractivity contribution in [3.05, 3.63) is 89.5 Å². The van der Waals surface area contributed by atoms with E-state index in [2.05, 4.69) is 24.5 Å². The van der Waals surface area contributed by atoms with E-state index in [4.69, 9.17) is 4.74 Å². The summed E-state index contributed by atoms with van der Waals surface area (Å²) in [5.74, 6) is 0.532. The van der Waals surface area contributed by atoms with Gasteiger partial charge in [-0.15, -0.1) is 0 Å². The number of benzene rings is 3. The van der Waals surface area contributed by atoms with Crippen LogP contribution in [0.4, 0.5) is 11.4 Å². The summed E-state index contributed by atoms with van der Waals surface area (Å²) in [5.41, 5.74) is 3.65. The molecule has 0 radical (unpaired) electrons. The van der Waals surface area contributed by atoms with E-state index in [9.17, 15) is 9.59 Å². The second-order valence-corrected chi connectivity index (χ2v) is 7.36. The number of amides is 2. The minimum Gasteiger partial charge on any atom is -0.484 e. The van der Waals surface area contributed by atoms with Crippen LogP contribution in [0.1, 0.15) is 41.3 Å². The Morgan fingerprint density at radius 2 is 1.63 bits per heavy atom. The Bertz CT molecular complexity index is 1030. The molecule has 154 valence electrons. The van der Waals surface area contributed by atoms with E-state index in [0.29, 0.717) is 34.2 Å². The van der Waals surface area contributed by atoms with Gasteiger partial charge in [-0.3, -0.25) is 9.59 Å². The highest BCUT2D eigenvalue weighted by Gasteiger charge is 2.14. The molecule has 3 aromatic carbocycles. The Kier molecular flexibility index (Phi) is 6.86. The summed E-state index contributed by atoms with van der Waals surface area (Å²) < 4.78 is 5.64. The van der Waals surface area contributed by atoms with Gasteiger partial charge in [-0.2, -0.15) is 0 Å². The molecule has 2 amide bonds. The van der Waals surface area contributed by atoms with E-state index in [0.717, 1.165) is 5.56 Å². The van der Waals surface area contributed by atoms with Crippen molar-refractivity contribution in [2.75, 3.05) is 17.2 Å². The quantitative estimate of drug-likeness (QED) is 0.557. The zero-order chi connectivity index (χ0) is 21.5. The molecular formula is C25H26N2O3. The highest BCUT2D eigenvalue weighted by Crippen LogP contribution is 2.22. The second-order valence-electron chi connectivity index (χ2n) is 7.36. The smallest absolute Gasteiger partial charge is 0.262 e. The van der Waals surface area contributed by atoms with Crippen molar-refractivity contribution in [2.24, 2.45) is 0 Å². The van der Waals surface area contributed by atoms with Gasteiger partial charge in [-0.25, -0.2) is 0 Å². The van der Waals surface area contributed by atoms with Gasteiger partial charge < -0.3 is 15.4 Å². The molecule has 0 aliphatic rings. The van der Waals surface area contributed by atoms with Gasteiger partial charge in [-0.05, 0) is 60.4 Å². The average Bonchev–Trinajstić information content (AvgIpc) is 2.74. The van der Waals surface area contributed by atoms with Crippen molar-refractivity contribution in [1.29, 1.82) is 0 Å². The van der Waals surface area contributed by atoms with E-state index in [1.54, 1.807) is 18.2 Å². The van der Waals surface area contributed by atoms with Crippen LogP contribution in [0.15, 0.2) is 72.8 Å². The summed E-state index contributed by atoms with van der Waals surface area (Å²) in [6.45, 7) is 5.91. The van der Waals surface area contributed by atoms with Gasteiger partial charge in [0.15, 0.2) is 6.61 Å². The number of hydrogen-bond donors (Lipinski definition) is 2. The number of para-hydroxylation sites is 1. The molecule has 3 aromatic rings. The largest absolute Gasteiger partial charge is 0.484 e. The van der Waals surface area contributed by atoms with E-state index in [1.807, 2.05) is 61.5 Å². The van der Waals surface area contributed by atoms with Gasteiger partial charge in [0.05, 0.1) is 0 Å². The molecule has 5 nitrogen and oxygen atoms in total. The third-order valence-corrected chi connectivity index (χ3v) is 4.78. The van der Waals surface area contributed by atoms with Crippen molar-refractivity contribution in [1.82, 2.24) is 0 Å². The molecule has 5 heteroatoms. The zero-order valence-corrected chi connectivity index (χ0v) is 17.4. The highest BCUT2D eigenvalue weighted by molar-refractivity contribution is 6.06. The van der Waals surface area contributed by atoms with Gasteiger partial charge >= 0.3 is 0 Å². The maximum absolute atomic E-state index is 12.6. The Balaban J connectivity index is 1.64. The molecule has 3 rings (SSSR count). The molecule has 30 heavy (non-hydrogen) atoms. The van der Waals surface area contributed by atoms with Crippen LogP contribution in [0, 0.1) is 6.92 Å². The Labute approximate surface area is 177 Å². The predicted molar refractivity (Wildman–Crippen MR) is 120 cm³/mol. The Morgan fingerprint density at radius 3 is 2.37 bits per heavy atom. The third-order valence-electron chi connectivity index (χ3n) is 4.78. The highest BCUT2D eigenvalue weighted by atomic mass is 16.5. The first-order valence-electron chi connectivity index (χ1n) is 9.92. The number of hydrogen-bond acceptors (Lipinski definition) is 3. The maximum atomic E-state index is 12.6. The van der Waals surface area contributed by atoms with Gasteiger partial charge in [0.1, 0.15) is 5.75 Å². The Hall–Kier alpha value is -3.60. The number of carbonyl (C=O) groups excluding carboxylic acids is 2. The zero-order valence-electron chi connectivity index (χ0n) is 17.4. The van der Waals surface area contributed by atoms with Gasteiger partial charge in [-0.1, -0.05) is 50.2 Å². The van der Waals surface area contributed by atoms with Gasteiger partial charge in [0.2, 0.25) is 0 Å². The minimum atomic E-state index is -0.284. The number of ether oxygens (including phenoxy) is 1. The molecule has 2 N–H and O–H groups in total. The van der Waals surface area contributed by atoms with Crippen LogP contribution in [0.3, 0.4) is 0 Å². The SMILES string of the molecule is Cc1c(NC(=O)COc2cccc(C(C)C)c2)cccc1C(=O)Nc1ccccc1. The van der Waals surface area contributed by atoms with Gasteiger partial charge in [0, 0.05) is 16.9 Å². The summed E-state index contributed by atoms with van der Waals surface area (Å²) >= 11 is 0. The fourth-order valence-corrected chi connectivity index (χ4v) is 3.04. The van der Waals surface area contributed by atoms with Crippen molar-refractivity contribution >= 4 is 23.2 Å². The third kappa shape index (κ3) is 5.47. The first-order valence-corrected chi connectivity index (χ1v) is 9.92. The summed E-state index contributed by atoms with van der Waals surface area (Å²) in [5, 5.41) is 5.70. The molecule has 0 aliphatic heterocycles. The van der Waals surface area contributed by atoms with Crippen molar-refractivity contribution in [2.45, 2.75) is 26.7 Å². The maximum Gasteiger partial charge on any atom is 0.262 e. The fraction of sp³-hybridized carbons (Fsp3) is 0.200. The molecule has 0 aromatic heterocycles. The van der Waals surface area contributed by atoms with Crippen molar-refractivity contribution in [3.8, 4) is 5.75 Å². The normalized spacial score (nSPS) is 10.5. The van der Waals surface area contributed by atoms with Crippen molar-refractivity contribution in [3.63, 3.8) is 0 Å². The molecule has 0 spiro atoms. The lowest BCUT2D eigenvalue weighted by Gasteiger charge is -2.14. The van der Waals surface area contributed by atoms with Crippen LogP contribution >= 0.6 is 0 Å². The summed E-state index contributed by atoms with van der Waals surface area (Å²) in [7, 11) is 0. The molecule has 0 heterocycles. The monoisotopic (exact) mass is 402 g/mol. The molecular weight excluding hydrogens is 376 g/mol. The minimum absolute atomic E-state index is 0.110. The van der Waals surface area contributed by atoms with Crippen LogP contribution in [0.25, 0.3) is 0 Å². The van der Waals surface area contributed by atoms with E-state index in [-0.39, 0.29) is 18.4 Å². The number of carbonyl (C=O) groups is 2. The molecule has 0 saturated heterocycles. The first kappa shape index (κ1) is 21.1. The first-order chi connectivity index (χ1) is 14.4. The lowest BCUT2D eigenvalue weighted by Crippen LogP contribution is -2.21. The average molecular weight is 402 g/mol. The summed E-state index contributed by atoms with van der Waals surface area (Å²) in [4.78, 5) is 25.0. The fourth-order valence-electron chi connectivity index (χ4n) is 3.04. The lowest BCUT2D eigenvalue weighted by atomic mass is 10.0. The van der Waals surface area contributed by atoms with E-state index >= 15 is 0 Å². The van der Waals surface area contributed by atoms with Crippen molar-refractivity contribution < 1.29 is 14.3 Å². The Morgan fingerprint density at radius 1 is 0.900 bits per heavy atom. The molecule has 0 unspecified atom stereocenters. The van der Waals surface area contributed by atoms with Crippen LogP contribution in [-0.2, 0) is 4.79 Å². The predicted octanol–water partition coefficient (Wildman–Crippen LogP) is 5.39. The second kappa shape index (κ2) is 9.74. The standard InChI is InChI=1S/C25H26N2O3/c1-17(2)19-9-7-12-21(15-19)30-16-24(28)27-23-14-8-13-22(18(23)3)25(29)26-20-10-5-4-6-11-20/h4-15,17H,16H2,1-3H3,(H,26,29)(H,27,28). The number of nitrogens with one attached hydrogen (secondary N) is 2. The van der Waals surface area contributed by atoms with Crippen LogP contribution in [0.5, 0.6) is 5.75 Å². The van der Waals surface area contributed by atoms with Crippen LogP contribution in [-0.4, -0.2) is 18.4 Å². The van der Waals surface area contributed by atoms with E-state index in [1.165, 1.54) is 0 Å². The van der Waals surface area contributed by atoms with Gasteiger partial charge in [0.25, 0.3) is 11.8 Å². The number of anilines is 2. The molecule has 0 atom stereocenters. The van der Waals surface area contributed by atoms with Crippen LogP contribution < -0.4 is 15.4 Å². The van der Waals surface area contributed by atoms with Crippen LogP contribution in [0.2, 0.25) is 0 Å². The summed E-state index contributed by atoms with van der Waals surface area (Å²) in [6.07, 6.45) is 0. The summed E-state index contributed by atoms with van der Waals surface area (Å²) in [6, 6.07) is 22.2. The van der Waals surface area contributed by atoms with E-state index < -0.39 is 0 Å². The molecule has 0 bridgehead atoms. The topological polar surface area (TPSA) is 67.4 Å². The molecule has 0 saturated carbocycles. The molecule has 0 aliphatic carbocycles. The number of rotatable bonds is 7. The lowest BCUT2D eigenvalue weighted by molar-refractivity contribution is -0.118.